The van der Waals surface area contributed by atoms with Crippen LogP contribution in [0.1, 0.15) is 45.4 Å². The van der Waals surface area contributed by atoms with Gasteiger partial charge in [-0.3, -0.25) is 0 Å². The molecule has 0 bridgehead atoms. The Hall–Kier alpha value is -0.520. The Morgan fingerprint density at radius 2 is 2.31 bits per heavy atom. The molecule has 2 heteroatoms. The summed E-state index contributed by atoms with van der Waals surface area (Å²) in [5.41, 5.74) is 0. The van der Waals surface area contributed by atoms with Crippen molar-refractivity contribution in [2.75, 3.05) is 6.61 Å². The maximum Gasteiger partial charge on any atom is 0.231 e. The van der Waals surface area contributed by atoms with Gasteiger partial charge in [0, 0.05) is 12.8 Å². The van der Waals surface area contributed by atoms with E-state index in [-0.39, 0.29) is 0 Å². The second-order valence-electron chi connectivity index (χ2n) is 3.50. The lowest BCUT2D eigenvalue weighted by Crippen LogP contribution is -2.24. The molecule has 1 atom stereocenters. The standard InChI is InChI=1S/C11H18O2/c1-2-3-4-5-6-8-11(12)9-7-10-13-11/h12H,2-5,7,9-10H2,1H3. The molecular weight excluding hydrogens is 164 g/mol. The molecule has 0 aromatic carbocycles. The van der Waals surface area contributed by atoms with Crippen LogP contribution in [0.4, 0.5) is 0 Å². The Balaban J connectivity index is 2.21. The van der Waals surface area contributed by atoms with Crippen LogP contribution in [0.15, 0.2) is 0 Å². The van der Waals surface area contributed by atoms with E-state index in [4.69, 9.17) is 4.74 Å². The summed E-state index contributed by atoms with van der Waals surface area (Å²) in [7, 11) is 0. The molecule has 0 spiro atoms. The maximum atomic E-state index is 9.65. The lowest BCUT2D eigenvalue weighted by atomic mass is 10.1. The van der Waals surface area contributed by atoms with Crippen LogP contribution in [0.25, 0.3) is 0 Å². The largest absolute Gasteiger partial charge is 0.356 e. The van der Waals surface area contributed by atoms with Crippen molar-refractivity contribution < 1.29 is 9.84 Å². The Morgan fingerprint density at radius 1 is 1.46 bits per heavy atom. The van der Waals surface area contributed by atoms with Crippen molar-refractivity contribution in [1.29, 1.82) is 0 Å². The van der Waals surface area contributed by atoms with E-state index in [0.29, 0.717) is 13.0 Å². The molecule has 1 aliphatic heterocycles. The number of unbranched alkanes of at least 4 members (excludes halogenated alkanes) is 3. The molecule has 1 unspecified atom stereocenters. The highest BCUT2D eigenvalue weighted by molar-refractivity contribution is 5.10. The van der Waals surface area contributed by atoms with Crippen molar-refractivity contribution in [3.8, 4) is 11.8 Å². The maximum absolute atomic E-state index is 9.65. The van der Waals surface area contributed by atoms with Crippen LogP contribution in [-0.2, 0) is 4.74 Å². The lowest BCUT2D eigenvalue weighted by molar-refractivity contribution is -0.122. The fourth-order valence-corrected chi connectivity index (χ4v) is 1.39. The second-order valence-corrected chi connectivity index (χ2v) is 3.50. The molecule has 0 radical (unpaired) electrons. The van der Waals surface area contributed by atoms with Gasteiger partial charge in [-0.2, -0.15) is 0 Å². The molecule has 0 aliphatic carbocycles. The first-order valence-electron chi connectivity index (χ1n) is 5.13. The molecule has 13 heavy (non-hydrogen) atoms. The predicted octanol–water partition coefficient (Wildman–Crippen LogP) is 2.07. The minimum atomic E-state index is -1.12. The molecule has 1 N–H and O–H groups in total. The van der Waals surface area contributed by atoms with Crippen LogP contribution < -0.4 is 0 Å². The lowest BCUT2D eigenvalue weighted by Gasteiger charge is -2.12. The van der Waals surface area contributed by atoms with Crippen molar-refractivity contribution in [3.63, 3.8) is 0 Å². The van der Waals surface area contributed by atoms with E-state index >= 15 is 0 Å². The van der Waals surface area contributed by atoms with Crippen molar-refractivity contribution in [2.45, 2.75) is 51.2 Å². The molecule has 1 aliphatic rings. The Labute approximate surface area is 80.3 Å². The SMILES string of the molecule is CCCCCC#CC1(O)CCCO1. The van der Waals surface area contributed by atoms with Crippen LogP contribution in [0, 0.1) is 11.8 Å². The summed E-state index contributed by atoms with van der Waals surface area (Å²) in [6.45, 7) is 2.81. The van der Waals surface area contributed by atoms with E-state index in [2.05, 4.69) is 18.8 Å². The highest BCUT2D eigenvalue weighted by atomic mass is 16.6. The van der Waals surface area contributed by atoms with Crippen LogP contribution in [0.5, 0.6) is 0 Å². The van der Waals surface area contributed by atoms with Crippen molar-refractivity contribution in [3.05, 3.63) is 0 Å². The molecule has 0 aromatic rings. The molecule has 1 heterocycles. The first-order valence-corrected chi connectivity index (χ1v) is 5.13. The van der Waals surface area contributed by atoms with Gasteiger partial charge in [0.05, 0.1) is 6.61 Å². The Morgan fingerprint density at radius 3 is 2.92 bits per heavy atom. The van der Waals surface area contributed by atoms with Gasteiger partial charge in [-0.25, -0.2) is 0 Å². The minimum absolute atomic E-state index is 0.639. The van der Waals surface area contributed by atoms with Crippen molar-refractivity contribution in [2.24, 2.45) is 0 Å². The normalized spacial score (nSPS) is 26.9. The zero-order valence-corrected chi connectivity index (χ0v) is 8.31. The summed E-state index contributed by atoms with van der Waals surface area (Å²) in [5, 5.41) is 9.65. The van der Waals surface area contributed by atoms with Gasteiger partial charge in [0.15, 0.2) is 0 Å². The average molecular weight is 182 g/mol. The van der Waals surface area contributed by atoms with E-state index in [9.17, 15) is 5.11 Å². The fraction of sp³-hybridized carbons (Fsp3) is 0.818. The summed E-state index contributed by atoms with van der Waals surface area (Å²) < 4.78 is 5.13. The molecule has 1 saturated heterocycles. The third kappa shape index (κ3) is 3.80. The van der Waals surface area contributed by atoms with Gasteiger partial charge in [0.25, 0.3) is 0 Å². The first-order chi connectivity index (χ1) is 6.27. The molecule has 74 valence electrons. The molecule has 0 amide bonds. The van der Waals surface area contributed by atoms with Crippen molar-refractivity contribution in [1.82, 2.24) is 0 Å². The van der Waals surface area contributed by atoms with Crippen molar-refractivity contribution >= 4 is 0 Å². The van der Waals surface area contributed by atoms with E-state index < -0.39 is 5.79 Å². The topological polar surface area (TPSA) is 29.5 Å². The van der Waals surface area contributed by atoms with Gasteiger partial charge in [0.1, 0.15) is 0 Å². The third-order valence-electron chi connectivity index (χ3n) is 2.19. The molecule has 0 aromatic heterocycles. The zero-order chi connectivity index (χ0) is 9.57. The van der Waals surface area contributed by atoms with E-state index in [1.54, 1.807) is 0 Å². The molecular formula is C11H18O2. The van der Waals surface area contributed by atoms with Gasteiger partial charge in [-0.05, 0) is 18.8 Å². The van der Waals surface area contributed by atoms with Gasteiger partial charge >= 0.3 is 0 Å². The fourth-order valence-electron chi connectivity index (χ4n) is 1.39. The smallest absolute Gasteiger partial charge is 0.231 e. The summed E-state index contributed by atoms with van der Waals surface area (Å²) in [4.78, 5) is 0. The Bertz CT molecular complexity index is 194. The molecule has 1 rings (SSSR count). The number of rotatable bonds is 3. The first kappa shape index (κ1) is 10.6. The summed E-state index contributed by atoms with van der Waals surface area (Å²) in [6.07, 6.45) is 6.00. The number of hydrogen-bond donors (Lipinski definition) is 1. The minimum Gasteiger partial charge on any atom is -0.356 e. The van der Waals surface area contributed by atoms with Gasteiger partial charge in [-0.1, -0.05) is 25.7 Å². The van der Waals surface area contributed by atoms with Crippen LogP contribution in [0.3, 0.4) is 0 Å². The van der Waals surface area contributed by atoms with Gasteiger partial charge in [0.2, 0.25) is 5.79 Å². The molecule has 2 nitrogen and oxygen atoms in total. The highest BCUT2D eigenvalue weighted by Crippen LogP contribution is 2.21. The van der Waals surface area contributed by atoms with E-state index in [0.717, 1.165) is 19.3 Å². The van der Waals surface area contributed by atoms with Gasteiger partial charge < -0.3 is 9.84 Å². The average Bonchev–Trinajstić information content (AvgIpc) is 2.53. The van der Waals surface area contributed by atoms with E-state index in [1.165, 1.54) is 12.8 Å². The van der Waals surface area contributed by atoms with Gasteiger partial charge in [-0.15, -0.1) is 0 Å². The summed E-state index contributed by atoms with van der Waals surface area (Å²) >= 11 is 0. The summed E-state index contributed by atoms with van der Waals surface area (Å²) in [5.74, 6) is 4.66. The predicted molar refractivity (Wildman–Crippen MR) is 52.1 cm³/mol. The zero-order valence-electron chi connectivity index (χ0n) is 8.31. The molecule has 0 saturated carbocycles. The number of ether oxygens (including phenoxy) is 1. The number of aliphatic hydroxyl groups is 1. The van der Waals surface area contributed by atoms with E-state index in [1.807, 2.05) is 0 Å². The Kier molecular flexibility index (Phi) is 4.27. The second kappa shape index (κ2) is 5.26. The quantitative estimate of drug-likeness (QED) is 0.535. The van der Waals surface area contributed by atoms with Crippen LogP contribution >= 0.6 is 0 Å². The third-order valence-corrected chi connectivity index (χ3v) is 2.19. The monoisotopic (exact) mass is 182 g/mol. The highest BCUT2D eigenvalue weighted by Gasteiger charge is 2.29. The summed E-state index contributed by atoms with van der Waals surface area (Å²) in [6, 6.07) is 0. The van der Waals surface area contributed by atoms with Crippen LogP contribution in [0.2, 0.25) is 0 Å². The van der Waals surface area contributed by atoms with Crippen LogP contribution in [-0.4, -0.2) is 17.5 Å². The molecule has 1 fully saturated rings. The number of hydrogen-bond acceptors (Lipinski definition) is 2.